The van der Waals surface area contributed by atoms with Gasteiger partial charge in [0.15, 0.2) is 0 Å². The standard InChI is InChI=1S/C8H16O.C6H12O/c1-9-7-6-8-4-2-3-5-8;1-7-6-4-2-3-5-6/h8H,2-7H2,1H3;6H,2-5H2,1H3. The van der Waals surface area contributed by atoms with Crippen molar-refractivity contribution in [2.45, 2.75) is 63.9 Å². The summed E-state index contributed by atoms with van der Waals surface area (Å²) in [7, 11) is 3.59. The van der Waals surface area contributed by atoms with Crippen molar-refractivity contribution in [1.29, 1.82) is 0 Å². The molecule has 16 heavy (non-hydrogen) atoms. The van der Waals surface area contributed by atoms with Crippen molar-refractivity contribution in [3.8, 4) is 0 Å². The predicted octanol–water partition coefficient (Wildman–Crippen LogP) is 3.79. The van der Waals surface area contributed by atoms with E-state index in [0.29, 0.717) is 6.10 Å². The molecule has 0 atom stereocenters. The van der Waals surface area contributed by atoms with Gasteiger partial charge in [-0.1, -0.05) is 38.5 Å². The summed E-state index contributed by atoms with van der Waals surface area (Å²) in [5.41, 5.74) is 0. The van der Waals surface area contributed by atoms with E-state index in [-0.39, 0.29) is 0 Å². The number of hydrogen-bond acceptors (Lipinski definition) is 2. The Bertz CT molecular complexity index is 147. The van der Waals surface area contributed by atoms with Gasteiger partial charge in [-0.2, -0.15) is 0 Å². The van der Waals surface area contributed by atoms with Gasteiger partial charge in [-0.05, 0) is 25.2 Å². The highest BCUT2D eigenvalue weighted by Crippen LogP contribution is 2.27. The molecule has 2 heteroatoms. The zero-order valence-corrected chi connectivity index (χ0v) is 11.0. The number of ether oxygens (including phenoxy) is 2. The highest BCUT2D eigenvalue weighted by Gasteiger charge is 2.13. The summed E-state index contributed by atoms with van der Waals surface area (Å²) in [6.07, 6.45) is 13.0. The Labute approximate surface area is 101 Å². The van der Waals surface area contributed by atoms with E-state index < -0.39 is 0 Å². The second kappa shape index (κ2) is 9.00. The van der Waals surface area contributed by atoms with Crippen molar-refractivity contribution in [3.05, 3.63) is 0 Å². The van der Waals surface area contributed by atoms with Gasteiger partial charge in [0.25, 0.3) is 0 Å². The largest absolute Gasteiger partial charge is 0.385 e. The third-order valence-corrected chi connectivity index (χ3v) is 3.84. The summed E-state index contributed by atoms with van der Waals surface area (Å²) < 4.78 is 10.1. The van der Waals surface area contributed by atoms with Crippen LogP contribution in [0.5, 0.6) is 0 Å². The molecule has 0 radical (unpaired) electrons. The first kappa shape index (κ1) is 14.0. The molecule has 0 spiro atoms. The SMILES string of the molecule is COC1CCCC1.COCCC1CCCC1. The molecule has 0 aliphatic heterocycles. The van der Waals surface area contributed by atoms with Gasteiger partial charge in [0, 0.05) is 20.8 Å². The summed E-state index contributed by atoms with van der Waals surface area (Å²) in [5.74, 6) is 0.991. The van der Waals surface area contributed by atoms with Crippen LogP contribution in [-0.4, -0.2) is 26.9 Å². The third kappa shape index (κ3) is 5.86. The van der Waals surface area contributed by atoms with E-state index in [9.17, 15) is 0 Å². The van der Waals surface area contributed by atoms with Crippen LogP contribution in [0.4, 0.5) is 0 Å². The Morgan fingerprint density at radius 2 is 1.44 bits per heavy atom. The number of rotatable bonds is 4. The van der Waals surface area contributed by atoms with Crippen LogP contribution in [0.15, 0.2) is 0 Å². The molecule has 0 bridgehead atoms. The maximum absolute atomic E-state index is 5.11. The van der Waals surface area contributed by atoms with Gasteiger partial charge in [0.2, 0.25) is 0 Å². The molecular formula is C14H28O2. The average molecular weight is 228 g/mol. The van der Waals surface area contributed by atoms with Crippen molar-refractivity contribution in [2.24, 2.45) is 5.92 Å². The van der Waals surface area contributed by atoms with Crippen molar-refractivity contribution < 1.29 is 9.47 Å². The smallest absolute Gasteiger partial charge is 0.0571 e. The Kier molecular flexibility index (Phi) is 7.87. The Hall–Kier alpha value is -0.0800. The predicted molar refractivity (Wildman–Crippen MR) is 67.7 cm³/mol. The van der Waals surface area contributed by atoms with Crippen molar-refractivity contribution in [2.75, 3.05) is 20.8 Å². The lowest BCUT2D eigenvalue weighted by Crippen LogP contribution is -2.01. The van der Waals surface area contributed by atoms with Crippen LogP contribution in [0.1, 0.15) is 57.8 Å². The summed E-state index contributed by atoms with van der Waals surface area (Å²) in [5, 5.41) is 0. The molecule has 2 nitrogen and oxygen atoms in total. The lowest BCUT2D eigenvalue weighted by molar-refractivity contribution is 0.109. The van der Waals surface area contributed by atoms with Gasteiger partial charge < -0.3 is 9.47 Å². The number of methoxy groups -OCH3 is 2. The molecule has 0 amide bonds. The van der Waals surface area contributed by atoms with E-state index >= 15 is 0 Å². The fourth-order valence-corrected chi connectivity index (χ4v) is 2.71. The van der Waals surface area contributed by atoms with Gasteiger partial charge in [0.05, 0.1) is 6.10 Å². The van der Waals surface area contributed by atoms with Crippen molar-refractivity contribution in [3.63, 3.8) is 0 Å². The van der Waals surface area contributed by atoms with Crippen LogP contribution in [0, 0.1) is 5.92 Å². The first-order valence-corrected chi connectivity index (χ1v) is 6.88. The first-order chi connectivity index (χ1) is 7.86. The summed E-state index contributed by atoms with van der Waals surface area (Å²) in [6.45, 7) is 0.963. The monoisotopic (exact) mass is 228 g/mol. The van der Waals surface area contributed by atoms with E-state index in [1.807, 2.05) is 0 Å². The summed E-state index contributed by atoms with van der Waals surface area (Å²) in [4.78, 5) is 0. The summed E-state index contributed by atoms with van der Waals surface area (Å²) in [6, 6.07) is 0. The van der Waals surface area contributed by atoms with Gasteiger partial charge in [0.1, 0.15) is 0 Å². The maximum atomic E-state index is 5.11. The first-order valence-electron chi connectivity index (χ1n) is 6.88. The third-order valence-electron chi connectivity index (χ3n) is 3.84. The highest BCUT2D eigenvalue weighted by molar-refractivity contribution is 4.66. The normalized spacial score (nSPS) is 22.1. The van der Waals surface area contributed by atoms with Gasteiger partial charge in [-0.15, -0.1) is 0 Å². The van der Waals surface area contributed by atoms with Gasteiger partial charge >= 0.3 is 0 Å². The van der Waals surface area contributed by atoms with Gasteiger partial charge in [-0.3, -0.25) is 0 Å². The van der Waals surface area contributed by atoms with E-state index in [1.54, 1.807) is 14.2 Å². The minimum absolute atomic E-state index is 0.597. The maximum Gasteiger partial charge on any atom is 0.0571 e. The van der Waals surface area contributed by atoms with Crippen LogP contribution in [0.3, 0.4) is 0 Å². The molecule has 0 heterocycles. The molecule has 2 saturated carbocycles. The highest BCUT2D eigenvalue weighted by atomic mass is 16.5. The van der Waals surface area contributed by atoms with Crippen LogP contribution < -0.4 is 0 Å². The Morgan fingerprint density at radius 3 is 1.88 bits per heavy atom. The average Bonchev–Trinajstić information content (AvgIpc) is 3.00. The molecule has 0 aromatic carbocycles. The van der Waals surface area contributed by atoms with Crippen LogP contribution in [0.25, 0.3) is 0 Å². The number of hydrogen-bond donors (Lipinski definition) is 0. The Morgan fingerprint density at radius 1 is 0.875 bits per heavy atom. The molecule has 0 unspecified atom stereocenters. The molecular weight excluding hydrogens is 200 g/mol. The lowest BCUT2D eigenvalue weighted by Gasteiger charge is -2.05. The van der Waals surface area contributed by atoms with Crippen LogP contribution in [-0.2, 0) is 9.47 Å². The Balaban J connectivity index is 0.000000165. The fourth-order valence-electron chi connectivity index (χ4n) is 2.71. The van der Waals surface area contributed by atoms with Crippen molar-refractivity contribution in [1.82, 2.24) is 0 Å². The fraction of sp³-hybridized carbons (Fsp3) is 1.00. The van der Waals surface area contributed by atoms with E-state index in [2.05, 4.69) is 0 Å². The van der Waals surface area contributed by atoms with Crippen molar-refractivity contribution >= 4 is 0 Å². The van der Waals surface area contributed by atoms with Gasteiger partial charge in [-0.25, -0.2) is 0 Å². The summed E-state index contributed by atoms with van der Waals surface area (Å²) >= 11 is 0. The topological polar surface area (TPSA) is 18.5 Å². The van der Waals surface area contributed by atoms with Crippen LogP contribution >= 0.6 is 0 Å². The molecule has 2 aliphatic carbocycles. The van der Waals surface area contributed by atoms with E-state index in [1.165, 1.54) is 57.8 Å². The minimum atomic E-state index is 0.597. The molecule has 0 aromatic heterocycles. The molecule has 2 rings (SSSR count). The quantitative estimate of drug-likeness (QED) is 0.729. The minimum Gasteiger partial charge on any atom is -0.385 e. The molecule has 0 saturated heterocycles. The second-order valence-electron chi connectivity index (χ2n) is 5.07. The zero-order valence-electron chi connectivity index (χ0n) is 11.0. The molecule has 0 aromatic rings. The molecule has 96 valence electrons. The molecule has 0 N–H and O–H groups in total. The van der Waals surface area contributed by atoms with Crippen LogP contribution in [0.2, 0.25) is 0 Å². The lowest BCUT2D eigenvalue weighted by atomic mass is 10.1. The zero-order chi connectivity index (χ0) is 11.6. The molecule has 2 fully saturated rings. The van der Waals surface area contributed by atoms with E-state index in [0.717, 1.165) is 12.5 Å². The molecule has 2 aliphatic rings. The van der Waals surface area contributed by atoms with E-state index in [4.69, 9.17) is 9.47 Å². The second-order valence-corrected chi connectivity index (χ2v) is 5.07.